The van der Waals surface area contributed by atoms with E-state index in [1.54, 1.807) is 0 Å². The van der Waals surface area contributed by atoms with E-state index in [0.717, 1.165) is 12.1 Å². The van der Waals surface area contributed by atoms with Crippen molar-refractivity contribution in [3.63, 3.8) is 0 Å². The van der Waals surface area contributed by atoms with Gasteiger partial charge in [0.15, 0.2) is 0 Å². The van der Waals surface area contributed by atoms with Crippen LogP contribution in [-0.2, 0) is 4.74 Å². The lowest BCUT2D eigenvalue weighted by Gasteiger charge is -2.44. The number of rotatable bonds is 1. The molecular weight excluding hydrogens is 224 g/mol. The van der Waals surface area contributed by atoms with Crippen LogP contribution in [0.3, 0.4) is 0 Å². The summed E-state index contributed by atoms with van der Waals surface area (Å²) >= 11 is 0. The Morgan fingerprint density at radius 2 is 1.89 bits per heavy atom. The predicted molar refractivity (Wildman–Crippen MR) is 75.3 cm³/mol. The highest BCUT2D eigenvalue weighted by Gasteiger charge is 2.35. The zero-order valence-electron chi connectivity index (χ0n) is 11.9. The normalized spacial score (nSPS) is 25.1. The van der Waals surface area contributed by atoms with Crippen molar-refractivity contribution in [2.75, 3.05) is 7.05 Å². The van der Waals surface area contributed by atoms with Crippen LogP contribution < -0.4 is 0 Å². The largest absolute Gasteiger partial charge is 0.462 e. The van der Waals surface area contributed by atoms with Crippen LogP contribution in [0.2, 0.25) is 0 Å². The molecule has 0 N–H and O–H groups in total. The van der Waals surface area contributed by atoms with Crippen LogP contribution in [0.25, 0.3) is 0 Å². The zero-order chi connectivity index (χ0) is 13.3. The molecule has 1 heterocycles. The van der Waals surface area contributed by atoms with Crippen LogP contribution >= 0.6 is 0 Å². The van der Waals surface area contributed by atoms with Crippen molar-refractivity contribution in [2.45, 2.75) is 45.8 Å². The van der Waals surface area contributed by atoms with E-state index in [4.69, 9.17) is 4.74 Å². The standard InChI is InChI=1S/C15H22N2O/c1-11-6-8-13(9-7-11)16-14-17(5)15(3,4)10-12(2)18-14/h6-9,12H,10H2,1-5H3. The van der Waals surface area contributed by atoms with Gasteiger partial charge in [-0.1, -0.05) is 17.7 Å². The minimum Gasteiger partial charge on any atom is -0.462 e. The SMILES string of the molecule is Cc1ccc(N=C2OC(C)CC(C)(C)N2C)cc1. The average molecular weight is 246 g/mol. The summed E-state index contributed by atoms with van der Waals surface area (Å²) in [4.78, 5) is 6.72. The Morgan fingerprint density at radius 1 is 1.28 bits per heavy atom. The number of aliphatic imine (C=N–C) groups is 1. The maximum Gasteiger partial charge on any atom is 0.293 e. The molecule has 1 aromatic carbocycles. The third kappa shape index (κ3) is 2.66. The summed E-state index contributed by atoms with van der Waals surface area (Å²) in [7, 11) is 2.04. The van der Waals surface area contributed by atoms with Crippen LogP contribution in [0, 0.1) is 6.92 Å². The van der Waals surface area contributed by atoms with Gasteiger partial charge >= 0.3 is 0 Å². The molecular formula is C15H22N2O. The lowest BCUT2D eigenvalue weighted by molar-refractivity contribution is 0.0404. The second-order valence-corrected chi connectivity index (χ2v) is 5.73. The molecule has 3 heteroatoms. The lowest BCUT2D eigenvalue weighted by Crippen LogP contribution is -2.53. The van der Waals surface area contributed by atoms with Crippen molar-refractivity contribution in [3.05, 3.63) is 29.8 Å². The summed E-state index contributed by atoms with van der Waals surface area (Å²) < 4.78 is 5.84. The van der Waals surface area contributed by atoms with Gasteiger partial charge in [0.1, 0.15) is 6.10 Å². The summed E-state index contributed by atoms with van der Waals surface area (Å²) in [6, 6.07) is 8.88. The highest BCUT2D eigenvalue weighted by atomic mass is 16.5. The maximum atomic E-state index is 5.84. The van der Waals surface area contributed by atoms with Crippen molar-refractivity contribution in [1.29, 1.82) is 0 Å². The van der Waals surface area contributed by atoms with E-state index in [2.05, 4.69) is 49.7 Å². The van der Waals surface area contributed by atoms with Gasteiger partial charge in [-0.25, -0.2) is 0 Å². The van der Waals surface area contributed by atoms with E-state index in [1.165, 1.54) is 5.56 Å². The first kappa shape index (κ1) is 12.9. The van der Waals surface area contributed by atoms with Gasteiger partial charge in [0.05, 0.1) is 5.69 Å². The summed E-state index contributed by atoms with van der Waals surface area (Å²) in [5, 5.41) is 0. The van der Waals surface area contributed by atoms with Crippen molar-refractivity contribution < 1.29 is 4.74 Å². The molecule has 0 aromatic heterocycles. The van der Waals surface area contributed by atoms with Crippen molar-refractivity contribution in [3.8, 4) is 0 Å². The number of nitrogens with zero attached hydrogens (tertiary/aromatic N) is 2. The summed E-state index contributed by atoms with van der Waals surface area (Å²) in [5.41, 5.74) is 2.26. The Kier molecular flexibility index (Phi) is 3.33. The Labute approximate surface area is 109 Å². The molecule has 0 saturated carbocycles. The van der Waals surface area contributed by atoms with Crippen LogP contribution in [0.5, 0.6) is 0 Å². The van der Waals surface area contributed by atoms with E-state index in [9.17, 15) is 0 Å². The number of hydrogen-bond acceptors (Lipinski definition) is 2. The Bertz CT molecular complexity index is 448. The zero-order valence-corrected chi connectivity index (χ0v) is 11.9. The monoisotopic (exact) mass is 246 g/mol. The highest BCUT2D eigenvalue weighted by molar-refractivity contribution is 5.78. The van der Waals surface area contributed by atoms with Crippen molar-refractivity contribution in [2.24, 2.45) is 4.99 Å². The predicted octanol–water partition coefficient (Wildman–Crippen LogP) is 3.50. The second kappa shape index (κ2) is 4.63. The topological polar surface area (TPSA) is 24.8 Å². The smallest absolute Gasteiger partial charge is 0.293 e. The first-order valence-corrected chi connectivity index (χ1v) is 6.44. The average Bonchev–Trinajstić information content (AvgIpc) is 2.28. The number of aryl methyl sites for hydroxylation is 1. The molecule has 0 aliphatic carbocycles. The Hall–Kier alpha value is -1.51. The molecule has 1 atom stereocenters. The van der Waals surface area contributed by atoms with Gasteiger partial charge in [-0.2, -0.15) is 4.99 Å². The van der Waals surface area contributed by atoms with Gasteiger partial charge in [0.25, 0.3) is 6.02 Å². The summed E-state index contributed by atoms with van der Waals surface area (Å²) in [5.74, 6) is 0. The molecule has 1 aliphatic rings. The summed E-state index contributed by atoms with van der Waals surface area (Å²) in [6.45, 7) is 8.61. The molecule has 1 unspecified atom stereocenters. The van der Waals surface area contributed by atoms with E-state index < -0.39 is 0 Å². The highest BCUT2D eigenvalue weighted by Crippen LogP contribution is 2.28. The molecule has 98 valence electrons. The number of amidine groups is 1. The van der Waals surface area contributed by atoms with E-state index in [1.807, 2.05) is 19.2 Å². The van der Waals surface area contributed by atoms with Crippen LogP contribution in [0.15, 0.2) is 29.3 Å². The molecule has 1 fully saturated rings. The third-order valence-corrected chi connectivity index (χ3v) is 3.55. The van der Waals surface area contributed by atoms with Crippen molar-refractivity contribution in [1.82, 2.24) is 4.90 Å². The van der Waals surface area contributed by atoms with Crippen molar-refractivity contribution >= 4 is 11.7 Å². The van der Waals surface area contributed by atoms with E-state index in [0.29, 0.717) is 6.02 Å². The minimum atomic E-state index is 0.0845. The van der Waals surface area contributed by atoms with Gasteiger partial charge < -0.3 is 9.64 Å². The first-order chi connectivity index (χ1) is 8.38. The molecule has 18 heavy (non-hydrogen) atoms. The van der Waals surface area contributed by atoms with E-state index in [-0.39, 0.29) is 11.6 Å². The van der Waals surface area contributed by atoms with Crippen LogP contribution in [0.1, 0.15) is 32.8 Å². The van der Waals surface area contributed by atoms with Gasteiger partial charge in [-0.05, 0) is 39.8 Å². The molecule has 0 bridgehead atoms. The molecule has 1 aliphatic heterocycles. The third-order valence-electron chi connectivity index (χ3n) is 3.55. The first-order valence-electron chi connectivity index (χ1n) is 6.44. The minimum absolute atomic E-state index is 0.0845. The van der Waals surface area contributed by atoms with Gasteiger partial charge in [-0.15, -0.1) is 0 Å². The molecule has 0 amide bonds. The lowest BCUT2D eigenvalue weighted by atomic mass is 9.94. The number of benzene rings is 1. The molecule has 1 aromatic rings. The fourth-order valence-electron chi connectivity index (χ4n) is 2.23. The van der Waals surface area contributed by atoms with E-state index >= 15 is 0 Å². The van der Waals surface area contributed by atoms with Gasteiger partial charge in [0.2, 0.25) is 0 Å². The molecule has 0 radical (unpaired) electrons. The quantitative estimate of drug-likeness (QED) is 0.757. The Morgan fingerprint density at radius 3 is 2.50 bits per heavy atom. The van der Waals surface area contributed by atoms with Crippen LogP contribution in [0.4, 0.5) is 5.69 Å². The van der Waals surface area contributed by atoms with Gasteiger partial charge in [0, 0.05) is 19.0 Å². The Balaban J connectivity index is 2.28. The fourth-order valence-corrected chi connectivity index (χ4v) is 2.23. The van der Waals surface area contributed by atoms with Crippen LogP contribution in [-0.4, -0.2) is 29.6 Å². The summed E-state index contributed by atoms with van der Waals surface area (Å²) in [6.07, 6.45) is 1.22. The molecule has 0 spiro atoms. The number of hydrogen-bond donors (Lipinski definition) is 0. The number of ether oxygens (including phenoxy) is 1. The molecule has 1 saturated heterocycles. The maximum absolute atomic E-state index is 5.84. The van der Waals surface area contributed by atoms with Gasteiger partial charge in [-0.3, -0.25) is 0 Å². The second-order valence-electron chi connectivity index (χ2n) is 5.73. The fraction of sp³-hybridized carbons (Fsp3) is 0.533. The molecule has 3 nitrogen and oxygen atoms in total. The molecule has 2 rings (SSSR count).